The summed E-state index contributed by atoms with van der Waals surface area (Å²) in [5, 5.41) is 18.0. The van der Waals surface area contributed by atoms with Crippen LogP contribution in [-0.4, -0.2) is 51.0 Å². The van der Waals surface area contributed by atoms with Gasteiger partial charge in [-0.2, -0.15) is 0 Å². The summed E-state index contributed by atoms with van der Waals surface area (Å²) >= 11 is 1.39. The second-order valence-corrected chi connectivity index (χ2v) is 5.64. The highest BCUT2D eigenvalue weighted by Gasteiger charge is 2.26. The van der Waals surface area contributed by atoms with Gasteiger partial charge in [0, 0.05) is 12.6 Å². The lowest BCUT2D eigenvalue weighted by Gasteiger charge is -2.10. The van der Waals surface area contributed by atoms with E-state index in [0.29, 0.717) is 17.7 Å². The van der Waals surface area contributed by atoms with Crippen molar-refractivity contribution in [3.63, 3.8) is 0 Å². The third-order valence-corrected chi connectivity index (χ3v) is 3.72. The molecule has 0 saturated heterocycles. The van der Waals surface area contributed by atoms with E-state index in [1.165, 1.54) is 11.8 Å². The van der Waals surface area contributed by atoms with Gasteiger partial charge in [0.1, 0.15) is 0 Å². The number of thioether (sulfide) groups is 1. The largest absolute Gasteiger partial charge is 0.352 e. The zero-order valence-electron chi connectivity index (χ0n) is 10.6. The maximum absolute atomic E-state index is 11.8. The SMILES string of the molecule is CNCCn1nnnc1SC(C)C(=O)NC1CC1. The Morgan fingerprint density at radius 1 is 1.61 bits per heavy atom. The minimum Gasteiger partial charge on any atom is -0.352 e. The molecule has 0 radical (unpaired) electrons. The van der Waals surface area contributed by atoms with Crippen LogP contribution in [0, 0.1) is 0 Å². The second-order valence-electron chi connectivity index (χ2n) is 4.33. The molecule has 8 heteroatoms. The van der Waals surface area contributed by atoms with Crippen molar-refractivity contribution in [2.45, 2.75) is 42.8 Å². The molecule has 1 amide bonds. The zero-order chi connectivity index (χ0) is 13.0. The number of aromatic nitrogens is 4. The first-order valence-electron chi connectivity index (χ1n) is 6.08. The fourth-order valence-electron chi connectivity index (χ4n) is 1.40. The van der Waals surface area contributed by atoms with E-state index in [1.54, 1.807) is 4.68 Å². The van der Waals surface area contributed by atoms with E-state index in [4.69, 9.17) is 0 Å². The smallest absolute Gasteiger partial charge is 0.233 e. The molecule has 1 unspecified atom stereocenters. The highest BCUT2D eigenvalue weighted by molar-refractivity contribution is 8.00. The summed E-state index contributed by atoms with van der Waals surface area (Å²) in [5.41, 5.74) is 0. The number of tetrazole rings is 1. The molecule has 0 aromatic carbocycles. The number of hydrogen-bond acceptors (Lipinski definition) is 6. The predicted octanol–water partition coefficient (Wildman–Crippen LogP) is -0.348. The van der Waals surface area contributed by atoms with Crippen molar-refractivity contribution in [1.82, 2.24) is 30.8 Å². The number of likely N-dealkylation sites (N-methyl/N-ethyl adjacent to an activating group) is 1. The van der Waals surface area contributed by atoms with Crippen molar-refractivity contribution in [2.24, 2.45) is 0 Å². The number of amides is 1. The first-order valence-corrected chi connectivity index (χ1v) is 6.96. The average molecular weight is 270 g/mol. The van der Waals surface area contributed by atoms with Gasteiger partial charge in [-0.05, 0) is 37.2 Å². The molecule has 1 aliphatic rings. The monoisotopic (exact) mass is 270 g/mol. The van der Waals surface area contributed by atoms with Crippen molar-refractivity contribution in [1.29, 1.82) is 0 Å². The highest BCUT2D eigenvalue weighted by Crippen LogP contribution is 2.23. The number of hydrogen-bond donors (Lipinski definition) is 2. The molecule has 2 rings (SSSR count). The van der Waals surface area contributed by atoms with Crippen LogP contribution in [0.2, 0.25) is 0 Å². The van der Waals surface area contributed by atoms with Gasteiger partial charge < -0.3 is 10.6 Å². The normalized spacial score (nSPS) is 16.6. The summed E-state index contributed by atoms with van der Waals surface area (Å²) in [6, 6.07) is 0.390. The standard InChI is InChI=1S/C10H18N6OS/c1-7(9(17)12-8-3-4-8)18-10-13-14-15-16(10)6-5-11-2/h7-8,11H,3-6H2,1-2H3,(H,12,17). The second kappa shape index (κ2) is 6.14. The van der Waals surface area contributed by atoms with Crippen LogP contribution in [0.25, 0.3) is 0 Å². The molecule has 1 heterocycles. The molecule has 1 aromatic heterocycles. The Morgan fingerprint density at radius 2 is 2.39 bits per heavy atom. The summed E-state index contributed by atoms with van der Waals surface area (Å²) in [6.07, 6.45) is 2.20. The molecule has 1 aromatic rings. The molecule has 0 bridgehead atoms. The lowest BCUT2D eigenvalue weighted by Crippen LogP contribution is -2.32. The van der Waals surface area contributed by atoms with Gasteiger partial charge in [-0.3, -0.25) is 4.79 Å². The highest BCUT2D eigenvalue weighted by atomic mass is 32.2. The van der Waals surface area contributed by atoms with E-state index >= 15 is 0 Å². The predicted molar refractivity (Wildman–Crippen MR) is 68.2 cm³/mol. The topological polar surface area (TPSA) is 84.7 Å². The summed E-state index contributed by atoms with van der Waals surface area (Å²) in [5.74, 6) is 0.0608. The molecular weight excluding hydrogens is 252 g/mol. The van der Waals surface area contributed by atoms with Gasteiger partial charge >= 0.3 is 0 Å². The number of carbonyl (C=O) groups excluding carboxylic acids is 1. The number of nitrogens with one attached hydrogen (secondary N) is 2. The molecule has 1 saturated carbocycles. The van der Waals surface area contributed by atoms with E-state index in [0.717, 1.165) is 19.4 Å². The van der Waals surface area contributed by atoms with Crippen molar-refractivity contribution in [3.05, 3.63) is 0 Å². The van der Waals surface area contributed by atoms with Gasteiger partial charge in [-0.1, -0.05) is 11.8 Å². The molecule has 1 fully saturated rings. The van der Waals surface area contributed by atoms with Crippen LogP contribution >= 0.6 is 11.8 Å². The minimum absolute atomic E-state index is 0.0608. The van der Waals surface area contributed by atoms with Crippen molar-refractivity contribution in [2.75, 3.05) is 13.6 Å². The van der Waals surface area contributed by atoms with Crippen LogP contribution in [0.3, 0.4) is 0 Å². The van der Waals surface area contributed by atoms with Crippen molar-refractivity contribution >= 4 is 17.7 Å². The Bertz CT molecular complexity index is 405. The van der Waals surface area contributed by atoms with Gasteiger partial charge in [0.2, 0.25) is 11.1 Å². The van der Waals surface area contributed by atoms with E-state index in [1.807, 2.05) is 14.0 Å². The molecule has 0 aliphatic heterocycles. The summed E-state index contributed by atoms with van der Waals surface area (Å²) in [4.78, 5) is 11.8. The van der Waals surface area contributed by atoms with E-state index in [-0.39, 0.29) is 11.2 Å². The first-order chi connectivity index (χ1) is 8.70. The quantitative estimate of drug-likeness (QED) is 0.659. The van der Waals surface area contributed by atoms with Crippen LogP contribution in [0.1, 0.15) is 19.8 Å². The van der Waals surface area contributed by atoms with E-state index in [9.17, 15) is 4.79 Å². The Hall–Kier alpha value is -1.15. The van der Waals surface area contributed by atoms with Crippen LogP contribution < -0.4 is 10.6 Å². The fraction of sp³-hybridized carbons (Fsp3) is 0.800. The van der Waals surface area contributed by atoms with Crippen LogP contribution in [-0.2, 0) is 11.3 Å². The van der Waals surface area contributed by atoms with Gasteiger partial charge in [0.05, 0.1) is 11.8 Å². The minimum atomic E-state index is -0.176. The third-order valence-electron chi connectivity index (χ3n) is 2.65. The third kappa shape index (κ3) is 3.67. The molecule has 1 aliphatic carbocycles. The van der Waals surface area contributed by atoms with Crippen LogP contribution in [0.15, 0.2) is 5.16 Å². The lowest BCUT2D eigenvalue weighted by atomic mass is 10.4. The van der Waals surface area contributed by atoms with Crippen LogP contribution in [0.5, 0.6) is 0 Å². The van der Waals surface area contributed by atoms with Gasteiger partial charge in [-0.25, -0.2) is 4.68 Å². The first kappa shape index (κ1) is 13.3. The Labute approximate surface area is 110 Å². The van der Waals surface area contributed by atoms with Gasteiger partial charge in [0.25, 0.3) is 0 Å². The zero-order valence-corrected chi connectivity index (χ0v) is 11.4. The number of nitrogens with zero attached hydrogens (tertiary/aromatic N) is 4. The molecule has 2 N–H and O–H groups in total. The number of carbonyl (C=O) groups is 1. The van der Waals surface area contributed by atoms with E-state index < -0.39 is 0 Å². The molecule has 1 atom stereocenters. The number of rotatable bonds is 7. The fourth-order valence-corrected chi connectivity index (χ4v) is 2.22. The average Bonchev–Trinajstić information content (AvgIpc) is 3.06. The summed E-state index contributed by atoms with van der Waals surface area (Å²) < 4.78 is 1.71. The van der Waals surface area contributed by atoms with Crippen LogP contribution in [0.4, 0.5) is 0 Å². The van der Waals surface area contributed by atoms with Gasteiger partial charge in [-0.15, -0.1) is 5.10 Å². The molecular formula is C10H18N6OS. The summed E-state index contributed by atoms with van der Waals surface area (Å²) in [7, 11) is 1.88. The molecule has 100 valence electrons. The maximum atomic E-state index is 11.8. The Kier molecular flexibility index (Phi) is 4.54. The maximum Gasteiger partial charge on any atom is 0.233 e. The summed E-state index contributed by atoms with van der Waals surface area (Å²) in [6.45, 7) is 3.36. The lowest BCUT2D eigenvalue weighted by molar-refractivity contribution is -0.120. The Morgan fingerprint density at radius 3 is 3.06 bits per heavy atom. The van der Waals surface area contributed by atoms with E-state index in [2.05, 4.69) is 26.2 Å². The Balaban J connectivity index is 1.86. The molecule has 18 heavy (non-hydrogen) atoms. The van der Waals surface area contributed by atoms with Gasteiger partial charge in [0.15, 0.2) is 0 Å². The van der Waals surface area contributed by atoms with Crippen molar-refractivity contribution in [3.8, 4) is 0 Å². The molecule has 7 nitrogen and oxygen atoms in total. The molecule has 0 spiro atoms. The van der Waals surface area contributed by atoms with Crippen molar-refractivity contribution < 1.29 is 4.79 Å².